The maximum atomic E-state index is 13.1. The van der Waals surface area contributed by atoms with Crippen LogP contribution in [0, 0.1) is 12.7 Å². The van der Waals surface area contributed by atoms with Gasteiger partial charge in [-0.1, -0.05) is 16.8 Å². The minimum absolute atomic E-state index is 0.000476. The second-order valence-corrected chi connectivity index (χ2v) is 4.43. The smallest absolute Gasteiger partial charge is 0.303 e. The topological polar surface area (TPSA) is 68.0 Å². The summed E-state index contributed by atoms with van der Waals surface area (Å²) in [5.74, 6) is -1.40. The molecule has 5 nitrogen and oxygen atoms in total. The largest absolute Gasteiger partial charge is 0.481 e. The van der Waals surface area contributed by atoms with Crippen LogP contribution in [0.3, 0.4) is 0 Å². The summed E-state index contributed by atoms with van der Waals surface area (Å²) in [4.78, 5) is 10.5. The van der Waals surface area contributed by atoms with Gasteiger partial charge in [0.1, 0.15) is 5.82 Å². The van der Waals surface area contributed by atoms with Gasteiger partial charge in [-0.2, -0.15) is 0 Å². The molecule has 0 aliphatic heterocycles. The Morgan fingerprint density at radius 2 is 2.26 bits per heavy atom. The Balaban J connectivity index is 2.30. The van der Waals surface area contributed by atoms with E-state index in [1.54, 1.807) is 6.92 Å². The number of benzene rings is 1. The number of hydrogen-bond donors (Lipinski definition) is 1. The second kappa shape index (κ2) is 5.36. The lowest BCUT2D eigenvalue weighted by Crippen LogP contribution is -2.01. The molecule has 19 heavy (non-hydrogen) atoms. The molecular weight excluding hydrogens is 273 g/mol. The molecule has 0 saturated carbocycles. The van der Waals surface area contributed by atoms with Crippen molar-refractivity contribution in [1.82, 2.24) is 15.0 Å². The highest BCUT2D eigenvalue weighted by Crippen LogP contribution is 2.20. The Labute approximate surface area is 113 Å². The quantitative estimate of drug-likeness (QED) is 0.935. The lowest BCUT2D eigenvalue weighted by Gasteiger charge is -2.04. The number of aliphatic carboxylic acids is 1. The fourth-order valence-corrected chi connectivity index (χ4v) is 1.85. The summed E-state index contributed by atoms with van der Waals surface area (Å²) in [6.07, 6.45) is 0.291. The zero-order valence-corrected chi connectivity index (χ0v) is 10.9. The van der Waals surface area contributed by atoms with Gasteiger partial charge in [-0.05, 0) is 25.1 Å². The van der Waals surface area contributed by atoms with Crippen LogP contribution in [-0.4, -0.2) is 26.1 Å². The van der Waals surface area contributed by atoms with Crippen LogP contribution in [0.4, 0.5) is 4.39 Å². The van der Waals surface area contributed by atoms with Crippen molar-refractivity contribution in [3.63, 3.8) is 0 Å². The summed E-state index contributed by atoms with van der Waals surface area (Å²) in [6.45, 7) is 1.77. The van der Waals surface area contributed by atoms with Crippen molar-refractivity contribution in [1.29, 1.82) is 0 Å². The molecule has 0 unspecified atom stereocenters. The molecule has 0 aliphatic carbocycles. The maximum absolute atomic E-state index is 13.1. The molecule has 2 rings (SSSR count). The van der Waals surface area contributed by atoms with E-state index in [4.69, 9.17) is 16.7 Å². The van der Waals surface area contributed by atoms with E-state index in [9.17, 15) is 9.18 Å². The number of aryl methyl sites for hydroxylation is 1. The van der Waals surface area contributed by atoms with Gasteiger partial charge < -0.3 is 5.11 Å². The first-order valence-electron chi connectivity index (χ1n) is 5.57. The summed E-state index contributed by atoms with van der Waals surface area (Å²) in [5, 5.41) is 16.5. The summed E-state index contributed by atoms with van der Waals surface area (Å²) < 4.78 is 14.6. The van der Waals surface area contributed by atoms with Crippen molar-refractivity contribution in [2.24, 2.45) is 0 Å². The van der Waals surface area contributed by atoms with Crippen LogP contribution in [0.5, 0.6) is 0 Å². The molecule has 100 valence electrons. The lowest BCUT2D eigenvalue weighted by molar-refractivity contribution is -0.136. The third-order valence-corrected chi connectivity index (χ3v) is 3.00. The predicted molar refractivity (Wildman–Crippen MR) is 67.0 cm³/mol. The van der Waals surface area contributed by atoms with E-state index in [1.807, 2.05) is 0 Å². The molecule has 1 N–H and O–H groups in total. The van der Waals surface area contributed by atoms with Gasteiger partial charge in [-0.15, -0.1) is 5.10 Å². The summed E-state index contributed by atoms with van der Waals surface area (Å²) in [7, 11) is 0. The minimum Gasteiger partial charge on any atom is -0.481 e. The van der Waals surface area contributed by atoms with Gasteiger partial charge in [0.05, 0.1) is 28.5 Å². The summed E-state index contributed by atoms with van der Waals surface area (Å²) >= 11 is 5.71. The van der Waals surface area contributed by atoms with Gasteiger partial charge in [0.25, 0.3) is 0 Å². The Morgan fingerprint density at radius 3 is 2.89 bits per heavy atom. The molecule has 0 atom stereocenters. The minimum atomic E-state index is -0.890. The van der Waals surface area contributed by atoms with Gasteiger partial charge >= 0.3 is 5.97 Å². The van der Waals surface area contributed by atoms with Crippen molar-refractivity contribution in [3.05, 3.63) is 40.4 Å². The van der Waals surface area contributed by atoms with Crippen molar-refractivity contribution < 1.29 is 14.3 Å². The fraction of sp³-hybridized carbons (Fsp3) is 0.250. The van der Waals surface area contributed by atoms with Crippen LogP contribution in [0.25, 0.3) is 5.69 Å². The molecule has 0 fully saturated rings. The Kier molecular flexibility index (Phi) is 3.80. The third-order valence-electron chi connectivity index (χ3n) is 2.71. The molecule has 1 aromatic carbocycles. The van der Waals surface area contributed by atoms with Gasteiger partial charge in [0, 0.05) is 6.42 Å². The standard InChI is InChI=1S/C12H11ClFN3O2/c1-7-11(4-5-12(18)19)15-16-17(7)8-2-3-10(14)9(13)6-8/h2-3,6H,4-5H2,1H3,(H,18,19). The predicted octanol–water partition coefficient (Wildman–Crippen LogP) is 2.39. The number of hydrogen-bond acceptors (Lipinski definition) is 3. The van der Waals surface area contributed by atoms with Crippen LogP contribution < -0.4 is 0 Å². The molecule has 0 aliphatic rings. The van der Waals surface area contributed by atoms with E-state index < -0.39 is 11.8 Å². The first kappa shape index (κ1) is 13.5. The van der Waals surface area contributed by atoms with E-state index >= 15 is 0 Å². The van der Waals surface area contributed by atoms with Gasteiger partial charge in [-0.3, -0.25) is 4.79 Å². The highest BCUT2D eigenvalue weighted by atomic mass is 35.5. The molecule has 0 amide bonds. The van der Waals surface area contributed by atoms with E-state index in [0.717, 1.165) is 0 Å². The molecule has 0 bridgehead atoms. The van der Waals surface area contributed by atoms with E-state index in [2.05, 4.69) is 10.3 Å². The number of halogens is 2. The Hall–Kier alpha value is -1.95. The molecule has 1 heterocycles. The average Bonchev–Trinajstić information content (AvgIpc) is 2.72. The summed E-state index contributed by atoms with van der Waals surface area (Å²) in [6, 6.07) is 4.22. The monoisotopic (exact) mass is 283 g/mol. The SMILES string of the molecule is Cc1c(CCC(=O)O)nnn1-c1ccc(F)c(Cl)c1. The molecule has 0 radical (unpaired) electrons. The number of carbonyl (C=O) groups is 1. The van der Waals surface area contributed by atoms with Gasteiger partial charge in [-0.25, -0.2) is 9.07 Å². The van der Waals surface area contributed by atoms with Crippen molar-refractivity contribution >= 4 is 17.6 Å². The van der Waals surface area contributed by atoms with Crippen LogP contribution in [-0.2, 0) is 11.2 Å². The molecule has 1 aromatic heterocycles. The Bertz CT molecular complexity index is 627. The highest BCUT2D eigenvalue weighted by Gasteiger charge is 2.12. The van der Waals surface area contributed by atoms with Gasteiger partial charge in [0.2, 0.25) is 0 Å². The average molecular weight is 284 g/mol. The number of carboxylic acid groups (broad SMARTS) is 1. The number of nitrogens with zero attached hydrogens (tertiary/aromatic N) is 3. The second-order valence-electron chi connectivity index (χ2n) is 4.03. The van der Waals surface area contributed by atoms with Crippen molar-refractivity contribution in [2.45, 2.75) is 19.8 Å². The van der Waals surface area contributed by atoms with Crippen LogP contribution in [0.1, 0.15) is 17.8 Å². The van der Waals surface area contributed by atoms with Crippen molar-refractivity contribution in [2.75, 3.05) is 0 Å². The van der Waals surface area contributed by atoms with E-state index in [0.29, 0.717) is 23.5 Å². The number of aromatic nitrogens is 3. The Morgan fingerprint density at radius 1 is 1.53 bits per heavy atom. The molecule has 7 heteroatoms. The molecule has 0 saturated heterocycles. The van der Waals surface area contributed by atoms with E-state index in [-0.39, 0.29) is 11.4 Å². The number of rotatable bonds is 4. The third kappa shape index (κ3) is 2.90. The summed E-state index contributed by atoms with van der Waals surface area (Å²) in [5.41, 5.74) is 1.89. The maximum Gasteiger partial charge on any atom is 0.303 e. The molecule has 2 aromatic rings. The van der Waals surface area contributed by atoms with Gasteiger partial charge in [0.15, 0.2) is 0 Å². The van der Waals surface area contributed by atoms with Crippen LogP contribution >= 0.6 is 11.6 Å². The highest BCUT2D eigenvalue weighted by molar-refractivity contribution is 6.30. The first-order valence-corrected chi connectivity index (χ1v) is 5.95. The van der Waals surface area contributed by atoms with Crippen LogP contribution in [0.2, 0.25) is 5.02 Å². The van der Waals surface area contributed by atoms with E-state index in [1.165, 1.54) is 22.9 Å². The zero-order chi connectivity index (χ0) is 14.0. The normalized spacial score (nSPS) is 10.7. The zero-order valence-electron chi connectivity index (χ0n) is 10.1. The van der Waals surface area contributed by atoms with Crippen molar-refractivity contribution in [3.8, 4) is 5.69 Å². The van der Waals surface area contributed by atoms with Crippen LogP contribution in [0.15, 0.2) is 18.2 Å². The molecule has 0 spiro atoms. The fourth-order valence-electron chi connectivity index (χ4n) is 1.68. The molecular formula is C12H11ClFN3O2. The number of carboxylic acids is 1. The first-order chi connectivity index (χ1) is 8.99. The lowest BCUT2D eigenvalue weighted by atomic mass is 10.2.